The second kappa shape index (κ2) is 2.65. The molecule has 0 aliphatic heterocycles. The average molecular weight is 127 g/mol. The summed E-state index contributed by atoms with van der Waals surface area (Å²) in [5, 5.41) is 9.26. The van der Waals surface area contributed by atoms with Crippen LogP contribution in [0.3, 0.4) is 0 Å². The predicted octanol–water partition coefficient (Wildman–Crippen LogP) is 1.74. The van der Waals surface area contributed by atoms with Crippen molar-refractivity contribution in [1.82, 2.24) is 0 Å². The molecule has 0 heterocycles. The fraction of sp³-hybridized carbons (Fsp3) is 0.250. The van der Waals surface area contributed by atoms with Gasteiger partial charge in [0.2, 0.25) is 0 Å². The summed E-state index contributed by atoms with van der Waals surface area (Å²) in [6, 6.07) is -1.95. The molecule has 0 saturated carbocycles. The van der Waals surface area contributed by atoms with E-state index in [1.165, 1.54) is 6.92 Å². The molecule has 0 aliphatic carbocycles. The van der Waals surface area contributed by atoms with Gasteiger partial charge in [0.1, 0.15) is 0 Å². The van der Waals surface area contributed by atoms with Crippen LogP contribution in [0.15, 0.2) is 30.2 Å². The number of aliphatic hydroxyl groups is 1. The summed E-state index contributed by atoms with van der Waals surface area (Å²) < 4.78 is 36.8. The normalized spacial score (nSPS) is 20.9. The van der Waals surface area contributed by atoms with Crippen LogP contribution in [0.1, 0.15) is 25.4 Å². The van der Waals surface area contributed by atoms with Crippen molar-refractivity contribution in [2.24, 2.45) is 0 Å². The van der Waals surface area contributed by atoms with E-state index in [0.717, 1.165) is 0 Å². The lowest BCUT2D eigenvalue weighted by Crippen LogP contribution is -1.87. The fourth-order valence-electron chi connectivity index (χ4n) is 0.469. The van der Waals surface area contributed by atoms with E-state index < -0.39 is 24.2 Å². The van der Waals surface area contributed by atoms with Gasteiger partial charge in [-0.1, -0.05) is 30.2 Å². The molecule has 0 fully saturated rings. The van der Waals surface area contributed by atoms with Crippen LogP contribution in [-0.2, 0) is 0 Å². The standard InChI is InChI=1S/C8H10O/c1-7(9)8-5-3-2-4-6-8/h2-7,9H,1H3/t7-/m0/s1/i2D,3D,4D,5D,6D. The zero-order valence-electron chi connectivity index (χ0n) is 10.0. The lowest BCUT2D eigenvalue weighted by molar-refractivity contribution is 0.199. The van der Waals surface area contributed by atoms with Gasteiger partial charge in [0.05, 0.1) is 13.0 Å². The molecule has 0 amide bonds. The van der Waals surface area contributed by atoms with Crippen molar-refractivity contribution in [1.29, 1.82) is 0 Å². The number of hydrogen-bond acceptors (Lipinski definition) is 1. The van der Waals surface area contributed by atoms with E-state index in [2.05, 4.69) is 0 Å². The van der Waals surface area contributed by atoms with Crippen LogP contribution in [0, 0.1) is 0 Å². The van der Waals surface area contributed by atoms with Crippen LogP contribution in [0.4, 0.5) is 0 Å². The molecule has 1 atom stereocenters. The first-order valence-corrected chi connectivity index (χ1v) is 2.62. The van der Waals surface area contributed by atoms with Crippen molar-refractivity contribution in [3.63, 3.8) is 0 Å². The second-order valence-electron chi connectivity index (χ2n) is 1.71. The molecule has 1 N–H and O–H groups in total. The highest BCUT2D eigenvalue weighted by molar-refractivity contribution is 5.16. The van der Waals surface area contributed by atoms with Gasteiger partial charge in [-0.3, -0.25) is 0 Å². The van der Waals surface area contributed by atoms with Gasteiger partial charge in [-0.05, 0) is 12.5 Å². The second-order valence-corrected chi connectivity index (χ2v) is 1.71. The molecule has 0 radical (unpaired) electrons. The lowest BCUT2D eigenvalue weighted by atomic mass is 10.1. The van der Waals surface area contributed by atoms with Gasteiger partial charge < -0.3 is 5.11 Å². The van der Waals surface area contributed by atoms with Crippen molar-refractivity contribution >= 4 is 0 Å². The Balaban J connectivity index is 3.60. The Morgan fingerprint density at radius 3 is 2.44 bits per heavy atom. The summed E-state index contributed by atoms with van der Waals surface area (Å²) in [6.45, 7) is 1.37. The first-order valence-electron chi connectivity index (χ1n) is 5.12. The van der Waals surface area contributed by atoms with Crippen molar-refractivity contribution in [2.75, 3.05) is 0 Å². The largest absolute Gasteiger partial charge is 0.389 e. The van der Waals surface area contributed by atoms with Gasteiger partial charge in [-0.15, -0.1) is 0 Å². The van der Waals surface area contributed by atoms with Gasteiger partial charge in [-0.25, -0.2) is 0 Å². The van der Waals surface area contributed by atoms with Gasteiger partial charge in [0.25, 0.3) is 0 Å². The van der Waals surface area contributed by atoms with Crippen LogP contribution >= 0.6 is 0 Å². The van der Waals surface area contributed by atoms with E-state index >= 15 is 0 Å². The van der Waals surface area contributed by atoms with E-state index in [1.54, 1.807) is 0 Å². The molecule has 48 valence electrons. The Kier molecular flexibility index (Phi) is 0.714. The maximum absolute atomic E-state index is 9.26. The molecule has 1 nitrogen and oxygen atoms in total. The molecule has 0 bridgehead atoms. The molecule has 1 heteroatoms. The van der Waals surface area contributed by atoms with Gasteiger partial charge >= 0.3 is 0 Å². The van der Waals surface area contributed by atoms with Gasteiger partial charge in [0, 0.05) is 0 Å². The fourth-order valence-corrected chi connectivity index (χ4v) is 0.469. The number of hydrogen-bond donors (Lipinski definition) is 1. The Labute approximate surface area is 62.0 Å². The summed E-state index contributed by atoms with van der Waals surface area (Å²) in [5.41, 5.74) is -0.0593. The quantitative estimate of drug-likeness (QED) is 0.609. The molecule has 1 rings (SSSR count). The first-order chi connectivity index (χ1) is 6.37. The summed E-state index contributed by atoms with van der Waals surface area (Å²) in [7, 11) is 0. The number of aliphatic hydroxyl groups excluding tert-OH is 1. The third-order valence-electron chi connectivity index (χ3n) is 0.937. The van der Waals surface area contributed by atoms with Crippen molar-refractivity contribution in [3.05, 3.63) is 35.8 Å². The summed E-state index contributed by atoms with van der Waals surface area (Å²) in [6.07, 6.45) is -1.07. The topological polar surface area (TPSA) is 20.2 Å². The molecule has 9 heavy (non-hydrogen) atoms. The highest BCUT2D eigenvalue weighted by Gasteiger charge is 1.95. The monoisotopic (exact) mass is 127 g/mol. The Bertz CT molecular complexity index is 345. The van der Waals surface area contributed by atoms with E-state index in [0.29, 0.717) is 0 Å². The lowest BCUT2D eigenvalue weighted by Gasteiger charge is -2.00. The molecule has 0 saturated heterocycles. The Morgan fingerprint density at radius 1 is 1.44 bits per heavy atom. The van der Waals surface area contributed by atoms with Crippen LogP contribution in [0.2, 0.25) is 0 Å². The van der Waals surface area contributed by atoms with Crippen LogP contribution in [0.25, 0.3) is 0 Å². The number of benzene rings is 1. The summed E-state index contributed by atoms with van der Waals surface area (Å²) in [5.74, 6) is 0. The molecule has 0 spiro atoms. The van der Waals surface area contributed by atoms with Crippen molar-refractivity contribution in [2.45, 2.75) is 13.0 Å². The third-order valence-corrected chi connectivity index (χ3v) is 0.937. The smallest absolute Gasteiger partial charge is 0.0761 e. The van der Waals surface area contributed by atoms with E-state index in [1.807, 2.05) is 0 Å². The van der Waals surface area contributed by atoms with Crippen LogP contribution < -0.4 is 0 Å². The molecule has 0 aromatic heterocycles. The Hall–Kier alpha value is -0.820. The molecular formula is C8H10O. The molecule has 1 aromatic rings. The van der Waals surface area contributed by atoms with E-state index in [4.69, 9.17) is 6.85 Å². The van der Waals surface area contributed by atoms with Crippen molar-refractivity contribution < 1.29 is 12.0 Å². The minimum absolute atomic E-state index is 0.0593. The zero-order chi connectivity index (χ0) is 11.0. The zero-order valence-corrected chi connectivity index (χ0v) is 5.02. The minimum atomic E-state index is -1.07. The molecular weight excluding hydrogens is 112 g/mol. The van der Waals surface area contributed by atoms with E-state index in [-0.39, 0.29) is 17.6 Å². The highest BCUT2D eigenvalue weighted by Crippen LogP contribution is 2.08. The highest BCUT2D eigenvalue weighted by atomic mass is 16.3. The average Bonchev–Trinajstić information content (AvgIpc) is 2.11. The van der Waals surface area contributed by atoms with E-state index in [9.17, 15) is 5.11 Å². The van der Waals surface area contributed by atoms with Crippen LogP contribution in [-0.4, -0.2) is 5.11 Å². The SMILES string of the molecule is [2H]c1c([2H])c([2H])c([C@H](C)O)c([2H])c1[2H]. The van der Waals surface area contributed by atoms with Crippen molar-refractivity contribution in [3.8, 4) is 0 Å². The number of rotatable bonds is 1. The van der Waals surface area contributed by atoms with Gasteiger partial charge in [-0.2, -0.15) is 0 Å². The van der Waals surface area contributed by atoms with Crippen LogP contribution in [0.5, 0.6) is 0 Å². The molecule has 1 aromatic carbocycles. The first kappa shape index (κ1) is 2.43. The maximum atomic E-state index is 9.26. The summed E-state index contributed by atoms with van der Waals surface area (Å²) in [4.78, 5) is 0. The minimum Gasteiger partial charge on any atom is -0.389 e. The van der Waals surface area contributed by atoms with Gasteiger partial charge in [0.15, 0.2) is 0 Å². The summed E-state index contributed by atoms with van der Waals surface area (Å²) >= 11 is 0. The maximum Gasteiger partial charge on any atom is 0.0761 e. The third kappa shape index (κ3) is 1.54. The predicted molar refractivity (Wildman–Crippen MR) is 37.1 cm³/mol. The molecule has 0 unspecified atom stereocenters. The molecule has 0 aliphatic rings. The Morgan fingerprint density at radius 2 is 2.00 bits per heavy atom.